The van der Waals surface area contributed by atoms with Gasteiger partial charge in [0.05, 0.1) is 28.3 Å². The Balaban J connectivity index is 1.30. The summed E-state index contributed by atoms with van der Waals surface area (Å²) in [5.74, 6) is 0.291. The van der Waals surface area contributed by atoms with Crippen molar-refractivity contribution in [1.29, 1.82) is 0 Å². The fraction of sp³-hybridized carbons (Fsp3) is 0.150. The molecule has 3 aliphatic rings. The molecule has 4 unspecified atom stereocenters. The number of ether oxygens (including phenoxy) is 1. The van der Waals surface area contributed by atoms with Gasteiger partial charge >= 0.3 is 0 Å². The fourth-order valence-electron chi connectivity index (χ4n) is 8.49. The van der Waals surface area contributed by atoms with Crippen molar-refractivity contribution in [2.45, 2.75) is 25.6 Å². The monoisotopic (exact) mass is 539 g/mol. The van der Waals surface area contributed by atoms with Gasteiger partial charge in [0.2, 0.25) is 0 Å². The molecule has 4 atom stereocenters. The van der Waals surface area contributed by atoms with E-state index in [1.54, 1.807) is 0 Å². The zero-order chi connectivity index (χ0) is 27.8. The molecule has 0 saturated carbocycles. The van der Waals surface area contributed by atoms with Crippen LogP contribution in [0.5, 0.6) is 0 Å². The third-order valence-corrected chi connectivity index (χ3v) is 10.5. The number of nitrogens with zero attached hydrogens (tertiary/aromatic N) is 1. The number of fused-ring (bicyclic) bond motifs is 11. The molecule has 1 saturated heterocycles. The predicted molar refractivity (Wildman–Crippen MR) is 176 cm³/mol. The van der Waals surface area contributed by atoms with Gasteiger partial charge in [-0.1, -0.05) is 98.0 Å². The highest BCUT2D eigenvalue weighted by atomic mass is 16.5. The van der Waals surface area contributed by atoms with Crippen molar-refractivity contribution in [2.24, 2.45) is 11.3 Å². The topological polar surface area (TPSA) is 13.6 Å². The van der Waals surface area contributed by atoms with Crippen LogP contribution in [0.4, 0.5) is 0 Å². The van der Waals surface area contributed by atoms with Crippen LogP contribution in [0.1, 0.15) is 19.4 Å². The molecule has 5 aromatic carbocycles. The van der Waals surface area contributed by atoms with Crippen LogP contribution in [0.25, 0.3) is 65.2 Å². The highest BCUT2D eigenvalue weighted by Gasteiger charge is 2.56. The zero-order valence-corrected chi connectivity index (χ0v) is 23.6. The van der Waals surface area contributed by atoms with Gasteiger partial charge in [0, 0.05) is 32.9 Å². The van der Waals surface area contributed by atoms with E-state index >= 15 is 0 Å². The van der Waals surface area contributed by atoms with Crippen LogP contribution >= 0.6 is 0 Å². The second-order valence-electron chi connectivity index (χ2n) is 13.0. The molecule has 42 heavy (non-hydrogen) atoms. The van der Waals surface area contributed by atoms with E-state index in [1.165, 1.54) is 70.8 Å². The highest BCUT2D eigenvalue weighted by Crippen LogP contribution is 2.56. The lowest BCUT2D eigenvalue weighted by molar-refractivity contribution is 0.0102. The van der Waals surface area contributed by atoms with Gasteiger partial charge in [-0.05, 0) is 76.0 Å². The lowest BCUT2D eigenvalue weighted by Crippen LogP contribution is -2.36. The second kappa shape index (κ2) is 7.59. The minimum Gasteiger partial charge on any atom is -0.362 e. The van der Waals surface area contributed by atoms with Crippen molar-refractivity contribution >= 4 is 65.2 Å². The number of hydrogen-bond donors (Lipinski definition) is 0. The summed E-state index contributed by atoms with van der Waals surface area (Å²) in [4.78, 5) is 0. The first kappa shape index (κ1) is 23.0. The average Bonchev–Trinajstić information content (AvgIpc) is 3.59. The lowest BCUT2D eigenvalue weighted by Gasteiger charge is -2.35. The smallest absolute Gasteiger partial charge is 0.0917 e. The third kappa shape index (κ3) is 2.78. The van der Waals surface area contributed by atoms with Crippen molar-refractivity contribution in [3.8, 4) is 0 Å². The van der Waals surface area contributed by atoms with Gasteiger partial charge in [-0.2, -0.15) is 0 Å². The molecule has 2 heteroatoms. The van der Waals surface area contributed by atoms with Crippen molar-refractivity contribution in [3.63, 3.8) is 0 Å². The van der Waals surface area contributed by atoms with Crippen LogP contribution in [0.15, 0.2) is 127 Å². The minimum atomic E-state index is -0.281. The molecule has 0 spiro atoms. The summed E-state index contributed by atoms with van der Waals surface area (Å²) in [5.41, 5.74) is 6.01. The van der Waals surface area contributed by atoms with Crippen LogP contribution in [-0.2, 0) is 4.74 Å². The minimum absolute atomic E-state index is 0.0582. The van der Waals surface area contributed by atoms with Crippen molar-refractivity contribution < 1.29 is 4.74 Å². The summed E-state index contributed by atoms with van der Waals surface area (Å²) in [5, 5.41) is 10.4. The summed E-state index contributed by atoms with van der Waals surface area (Å²) in [7, 11) is 0. The molecule has 2 aromatic heterocycles. The summed E-state index contributed by atoms with van der Waals surface area (Å²) in [6, 6.07) is 31.9. The molecule has 2 aliphatic carbocycles. The molecule has 0 radical (unpaired) electrons. The number of hydrogen-bond acceptors (Lipinski definition) is 1. The third-order valence-electron chi connectivity index (χ3n) is 10.5. The molecule has 0 bridgehead atoms. The zero-order valence-electron chi connectivity index (χ0n) is 23.6. The number of benzene rings is 5. The summed E-state index contributed by atoms with van der Waals surface area (Å²) >= 11 is 0. The Kier molecular flexibility index (Phi) is 4.15. The van der Waals surface area contributed by atoms with E-state index in [-0.39, 0.29) is 17.1 Å². The SMILES string of the molecule is CC12C=CC=CC1C1(C)C=C(c3cc4c5cc6ccccc6cc5n5c6cc7ccccc7cc6c(c3)c45)C=CC1O2. The Hall–Kier alpha value is -4.66. The van der Waals surface area contributed by atoms with Gasteiger partial charge in [0.15, 0.2) is 0 Å². The van der Waals surface area contributed by atoms with Gasteiger partial charge in [-0.3, -0.25) is 0 Å². The molecule has 10 rings (SSSR count). The molecular weight excluding hydrogens is 510 g/mol. The first-order valence-corrected chi connectivity index (χ1v) is 15.0. The van der Waals surface area contributed by atoms with Gasteiger partial charge in [-0.25, -0.2) is 0 Å². The first-order valence-electron chi connectivity index (χ1n) is 15.0. The Morgan fingerprint density at radius 2 is 1.26 bits per heavy atom. The van der Waals surface area contributed by atoms with Gasteiger partial charge in [0.1, 0.15) is 0 Å². The predicted octanol–water partition coefficient (Wildman–Crippen LogP) is 10.0. The molecule has 200 valence electrons. The normalized spacial score (nSPS) is 26.8. The number of allylic oxidation sites excluding steroid dienone is 4. The lowest BCUT2D eigenvalue weighted by atomic mass is 9.65. The Bertz CT molecular complexity index is 2310. The van der Waals surface area contributed by atoms with Gasteiger partial charge in [-0.15, -0.1) is 0 Å². The van der Waals surface area contributed by atoms with E-state index in [9.17, 15) is 0 Å². The molecule has 3 heterocycles. The summed E-state index contributed by atoms with van der Waals surface area (Å²) in [6.07, 6.45) is 16.0. The maximum atomic E-state index is 6.67. The Labute approximate surface area is 243 Å². The van der Waals surface area contributed by atoms with Crippen molar-refractivity contribution in [1.82, 2.24) is 4.40 Å². The molecular formula is C40H29NO. The van der Waals surface area contributed by atoms with E-state index in [0.717, 1.165) is 0 Å². The molecule has 0 amide bonds. The van der Waals surface area contributed by atoms with E-state index in [0.29, 0.717) is 5.92 Å². The average molecular weight is 540 g/mol. The van der Waals surface area contributed by atoms with Gasteiger partial charge < -0.3 is 9.14 Å². The first-order chi connectivity index (χ1) is 20.5. The van der Waals surface area contributed by atoms with E-state index in [2.05, 4.69) is 146 Å². The van der Waals surface area contributed by atoms with Crippen LogP contribution < -0.4 is 0 Å². The molecule has 0 N–H and O–H groups in total. The Morgan fingerprint density at radius 1 is 0.667 bits per heavy atom. The van der Waals surface area contributed by atoms with E-state index in [4.69, 9.17) is 4.74 Å². The molecule has 7 aromatic rings. The van der Waals surface area contributed by atoms with Crippen LogP contribution in [0.3, 0.4) is 0 Å². The maximum Gasteiger partial charge on any atom is 0.0917 e. The highest BCUT2D eigenvalue weighted by molar-refractivity contribution is 6.26. The second-order valence-corrected chi connectivity index (χ2v) is 13.0. The van der Waals surface area contributed by atoms with Crippen LogP contribution in [0.2, 0.25) is 0 Å². The standard InChI is InChI=1S/C40H29NO/c1-39-23-28(14-15-37(39)42-40(2)16-8-7-13-36(39)40)29-19-32-30-17-24-9-3-5-11-26(24)21-34(30)41-35-22-27-12-6-4-10-25(27)18-31(35)33(20-29)38(32)41/h3-23,36-37H,1-2H3. The fourth-order valence-corrected chi connectivity index (χ4v) is 8.49. The summed E-state index contributed by atoms with van der Waals surface area (Å²) in [6.45, 7) is 4.60. The number of rotatable bonds is 1. The maximum absolute atomic E-state index is 6.67. The van der Waals surface area contributed by atoms with Crippen molar-refractivity contribution in [3.05, 3.63) is 133 Å². The van der Waals surface area contributed by atoms with Crippen LogP contribution in [-0.4, -0.2) is 16.1 Å². The van der Waals surface area contributed by atoms with Crippen LogP contribution in [0, 0.1) is 11.3 Å². The summed E-state index contributed by atoms with van der Waals surface area (Å²) < 4.78 is 9.18. The van der Waals surface area contributed by atoms with E-state index in [1.807, 2.05) is 0 Å². The Morgan fingerprint density at radius 3 is 1.88 bits per heavy atom. The largest absolute Gasteiger partial charge is 0.362 e. The molecule has 1 aliphatic heterocycles. The number of aromatic nitrogens is 1. The van der Waals surface area contributed by atoms with Crippen molar-refractivity contribution in [2.75, 3.05) is 0 Å². The molecule has 2 nitrogen and oxygen atoms in total. The quantitative estimate of drug-likeness (QED) is 0.202. The van der Waals surface area contributed by atoms with E-state index < -0.39 is 0 Å². The molecule has 1 fully saturated rings. The van der Waals surface area contributed by atoms with Gasteiger partial charge in [0.25, 0.3) is 0 Å².